The smallest absolute Gasteiger partial charge is 0.263 e. The molecule has 3 rings (SSSR count). The molecular formula is C21H25FN2O5S2. The van der Waals surface area contributed by atoms with Crippen molar-refractivity contribution in [1.29, 1.82) is 0 Å². The molecule has 0 unspecified atom stereocenters. The fourth-order valence-corrected chi connectivity index (χ4v) is 6.61. The van der Waals surface area contributed by atoms with E-state index in [0.717, 1.165) is 9.87 Å². The predicted molar refractivity (Wildman–Crippen MR) is 116 cm³/mol. The van der Waals surface area contributed by atoms with Gasteiger partial charge in [0.25, 0.3) is 5.91 Å². The van der Waals surface area contributed by atoms with Gasteiger partial charge in [-0.05, 0) is 55.8 Å². The fourth-order valence-electron chi connectivity index (χ4n) is 3.50. The van der Waals surface area contributed by atoms with Gasteiger partial charge in [-0.15, -0.1) is 0 Å². The maximum absolute atomic E-state index is 13.2. The highest BCUT2D eigenvalue weighted by Gasteiger charge is 2.48. The number of carbonyl (C=O) groups excluding carboxylic acids is 1. The largest absolute Gasteiger partial charge is 0.493 e. The van der Waals surface area contributed by atoms with Crippen LogP contribution in [0.2, 0.25) is 0 Å². The molecule has 2 aromatic carbocycles. The number of thioether (sulfide) groups is 1. The van der Waals surface area contributed by atoms with E-state index in [9.17, 15) is 17.6 Å². The summed E-state index contributed by atoms with van der Waals surface area (Å²) in [5.74, 6) is -0.0240. The molecule has 168 valence electrons. The Hall–Kier alpha value is -2.14. The Labute approximate surface area is 185 Å². The Bertz CT molecular complexity index is 1010. The summed E-state index contributed by atoms with van der Waals surface area (Å²) in [4.78, 5) is 12.3. The number of nitrogens with one attached hydrogen (secondary N) is 1. The highest BCUT2D eigenvalue weighted by Crippen LogP contribution is 2.38. The number of rotatable bonds is 7. The summed E-state index contributed by atoms with van der Waals surface area (Å²) in [5.41, 5.74) is 2.52. The average molecular weight is 469 g/mol. The Balaban J connectivity index is 1.71. The summed E-state index contributed by atoms with van der Waals surface area (Å²) in [5, 5.41) is 9.12. The number of nitrogens with zero attached hydrogens (tertiary/aromatic N) is 1. The van der Waals surface area contributed by atoms with Crippen molar-refractivity contribution in [2.45, 2.75) is 36.0 Å². The molecular weight excluding hydrogens is 443 g/mol. The van der Waals surface area contributed by atoms with Crippen LogP contribution in [-0.4, -0.2) is 53.5 Å². The summed E-state index contributed by atoms with van der Waals surface area (Å²) in [6.45, 7) is 4.06. The number of sulfonamides is 1. The molecule has 2 aromatic rings. The zero-order valence-electron chi connectivity index (χ0n) is 17.2. The normalized spacial score (nSPS) is 19.0. The van der Waals surface area contributed by atoms with E-state index in [1.54, 1.807) is 43.6 Å². The Morgan fingerprint density at radius 2 is 1.87 bits per heavy atom. The van der Waals surface area contributed by atoms with Gasteiger partial charge in [0.2, 0.25) is 10.0 Å². The first kappa shape index (κ1) is 23.5. The van der Waals surface area contributed by atoms with Crippen LogP contribution in [-0.2, 0) is 21.2 Å². The molecule has 0 bridgehead atoms. The van der Waals surface area contributed by atoms with Gasteiger partial charge in [-0.3, -0.25) is 10.0 Å². The van der Waals surface area contributed by atoms with Gasteiger partial charge in [-0.1, -0.05) is 12.1 Å². The molecule has 1 aliphatic heterocycles. The molecule has 1 amide bonds. The van der Waals surface area contributed by atoms with Crippen LogP contribution in [0.5, 0.6) is 5.75 Å². The molecule has 0 saturated carbocycles. The van der Waals surface area contributed by atoms with Crippen molar-refractivity contribution in [3.63, 3.8) is 0 Å². The lowest BCUT2D eigenvalue weighted by Crippen LogP contribution is -2.61. The molecule has 7 nitrogen and oxygen atoms in total. The molecule has 10 heteroatoms. The van der Waals surface area contributed by atoms with Gasteiger partial charge in [0, 0.05) is 23.5 Å². The van der Waals surface area contributed by atoms with Crippen molar-refractivity contribution in [2.24, 2.45) is 0 Å². The van der Waals surface area contributed by atoms with E-state index in [1.165, 1.54) is 36.0 Å². The number of hydrogen-bond acceptors (Lipinski definition) is 6. The van der Waals surface area contributed by atoms with Gasteiger partial charge < -0.3 is 4.74 Å². The lowest BCUT2D eigenvalue weighted by atomic mass is 10.0. The molecule has 1 atom stereocenters. The first-order chi connectivity index (χ1) is 14.6. The first-order valence-corrected chi connectivity index (χ1v) is 12.1. The third kappa shape index (κ3) is 5.38. The summed E-state index contributed by atoms with van der Waals surface area (Å²) >= 11 is 1.48. The second-order valence-electron chi connectivity index (χ2n) is 7.64. The molecule has 1 fully saturated rings. The zero-order chi connectivity index (χ0) is 22.6. The minimum absolute atomic E-state index is 0.0387. The summed E-state index contributed by atoms with van der Waals surface area (Å²) < 4.78 is 45.5. The van der Waals surface area contributed by atoms with Crippen LogP contribution in [0.1, 0.15) is 19.4 Å². The minimum atomic E-state index is -3.96. The van der Waals surface area contributed by atoms with Crippen LogP contribution < -0.4 is 10.2 Å². The third-order valence-electron chi connectivity index (χ3n) is 5.09. The lowest BCUT2D eigenvalue weighted by molar-refractivity contribution is -0.134. The van der Waals surface area contributed by atoms with Gasteiger partial charge in [-0.25, -0.2) is 18.3 Å². The average Bonchev–Trinajstić information content (AvgIpc) is 2.74. The monoisotopic (exact) mass is 468 g/mol. The molecule has 0 aliphatic carbocycles. The molecule has 1 heterocycles. The molecule has 0 radical (unpaired) electrons. The molecule has 1 aliphatic rings. The first-order valence-electron chi connectivity index (χ1n) is 9.72. The summed E-state index contributed by atoms with van der Waals surface area (Å²) in [6.07, 6.45) is 0.582. The van der Waals surface area contributed by atoms with Crippen LogP contribution in [0, 0.1) is 5.82 Å². The minimum Gasteiger partial charge on any atom is -0.493 e. The number of benzene rings is 2. The van der Waals surface area contributed by atoms with Gasteiger partial charge in [0.1, 0.15) is 17.6 Å². The highest BCUT2D eigenvalue weighted by atomic mass is 32.2. The summed E-state index contributed by atoms with van der Waals surface area (Å²) in [7, 11) is -3.96. The van der Waals surface area contributed by atoms with E-state index in [4.69, 9.17) is 9.94 Å². The second kappa shape index (κ2) is 9.56. The van der Waals surface area contributed by atoms with Crippen LogP contribution in [0.3, 0.4) is 0 Å². The fraction of sp³-hybridized carbons (Fsp3) is 0.381. The summed E-state index contributed by atoms with van der Waals surface area (Å²) in [6, 6.07) is 11.1. The maximum Gasteiger partial charge on any atom is 0.263 e. The van der Waals surface area contributed by atoms with Crippen LogP contribution in [0.4, 0.5) is 4.39 Å². The van der Waals surface area contributed by atoms with Gasteiger partial charge >= 0.3 is 0 Å². The Morgan fingerprint density at radius 1 is 1.23 bits per heavy atom. The highest BCUT2D eigenvalue weighted by molar-refractivity contribution is 8.00. The van der Waals surface area contributed by atoms with Crippen LogP contribution in [0.15, 0.2) is 53.4 Å². The molecule has 0 aromatic heterocycles. The molecule has 0 spiro atoms. The zero-order valence-corrected chi connectivity index (χ0v) is 18.9. The number of carbonyl (C=O) groups is 1. The van der Waals surface area contributed by atoms with Crippen molar-refractivity contribution in [1.82, 2.24) is 9.79 Å². The lowest BCUT2D eigenvalue weighted by Gasteiger charge is -2.43. The topological polar surface area (TPSA) is 95.9 Å². The van der Waals surface area contributed by atoms with Crippen molar-refractivity contribution in [2.75, 3.05) is 18.9 Å². The van der Waals surface area contributed by atoms with Crippen LogP contribution in [0.25, 0.3) is 0 Å². The quantitative estimate of drug-likeness (QED) is 0.479. The van der Waals surface area contributed by atoms with Crippen molar-refractivity contribution in [3.05, 3.63) is 59.9 Å². The number of hydroxylamine groups is 1. The van der Waals surface area contributed by atoms with E-state index in [1.807, 2.05) is 0 Å². The van der Waals surface area contributed by atoms with Crippen molar-refractivity contribution in [3.8, 4) is 5.75 Å². The van der Waals surface area contributed by atoms with Gasteiger partial charge in [-0.2, -0.15) is 16.1 Å². The van der Waals surface area contributed by atoms with E-state index in [-0.39, 0.29) is 17.3 Å². The van der Waals surface area contributed by atoms with E-state index < -0.39 is 26.7 Å². The maximum atomic E-state index is 13.2. The number of halogens is 1. The molecule has 2 N–H and O–H groups in total. The van der Waals surface area contributed by atoms with Gasteiger partial charge in [0.15, 0.2) is 0 Å². The van der Waals surface area contributed by atoms with Crippen molar-refractivity contribution >= 4 is 27.7 Å². The van der Waals surface area contributed by atoms with Crippen molar-refractivity contribution < 1.29 is 27.5 Å². The predicted octanol–water partition coefficient (Wildman–Crippen LogP) is 2.84. The third-order valence-corrected chi connectivity index (χ3v) is 8.33. The van der Waals surface area contributed by atoms with E-state index in [0.29, 0.717) is 24.5 Å². The molecule has 1 saturated heterocycles. The molecule has 31 heavy (non-hydrogen) atoms. The van der Waals surface area contributed by atoms with Crippen LogP contribution >= 0.6 is 11.8 Å². The standard InChI is InChI=1S/C21H25FN2O5S2/c1-21(2)19(20(25)23-26)24(12-14-30-21)31(27,28)18-9-7-17(8-10-18)29-13-11-15-3-5-16(22)6-4-15/h3-10,19,26H,11-14H2,1-2H3,(H,23,25)/t19-/m0/s1. The number of hydrogen-bond donors (Lipinski definition) is 2. The van der Waals surface area contributed by atoms with E-state index >= 15 is 0 Å². The Morgan fingerprint density at radius 3 is 2.48 bits per heavy atom. The number of ether oxygens (including phenoxy) is 1. The Kier molecular flexibility index (Phi) is 7.25. The van der Waals surface area contributed by atoms with Gasteiger partial charge in [0.05, 0.1) is 11.5 Å². The SMILES string of the molecule is CC1(C)SCCN(S(=O)(=O)c2ccc(OCCc3ccc(F)cc3)cc2)[C@H]1C(=O)NO. The second-order valence-corrected chi connectivity index (χ2v) is 11.3. The number of amides is 1. The van der Waals surface area contributed by atoms with E-state index in [2.05, 4.69) is 0 Å².